The molecule has 0 unspecified atom stereocenters. The fraction of sp³-hybridized carbons (Fsp3) is 0.429. The van der Waals surface area contributed by atoms with Crippen molar-refractivity contribution >= 4 is 24.0 Å². The fourth-order valence-corrected chi connectivity index (χ4v) is 0.843. The molecule has 1 heterocycles. The van der Waals surface area contributed by atoms with Gasteiger partial charge in [-0.3, -0.25) is 4.90 Å². The highest BCUT2D eigenvalue weighted by Gasteiger charge is 2.10. The summed E-state index contributed by atoms with van der Waals surface area (Å²) in [5, 5.41) is 42.6. The van der Waals surface area contributed by atoms with Crippen LogP contribution in [0.5, 0.6) is 0 Å². The van der Waals surface area contributed by atoms with Crippen molar-refractivity contribution in [1.29, 1.82) is 0 Å². The van der Waals surface area contributed by atoms with Gasteiger partial charge >= 0.3 is 6.16 Å². The average Bonchev–Trinajstić information content (AvgIpc) is 2.29. The number of hydrogen-bond donors (Lipinski definition) is 7. The van der Waals surface area contributed by atoms with Crippen molar-refractivity contribution in [3.63, 3.8) is 0 Å². The Balaban J connectivity index is 0.000000711. The number of aromatic nitrogens is 3. The summed E-state index contributed by atoms with van der Waals surface area (Å²) in [5.74, 6) is -0.00167. The molecule has 1 aromatic heterocycles. The van der Waals surface area contributed by atoms with E-state index >= 15 is 0 Å². The van der Waals surface area contributed by atoms with E-state index in [4.69, 9.17) is 36.1 Å². The molecule has 8 N–H and O–H groups in total. The monoisotopic (exact) mass is 278 g/mol. The molecule has 0 saturated heterocycles. The van der Waals surface area contributed by atoms with Gasteiger partial charge in [0.25, 0.3) is 0 Å². The summed E-state index contributed by atoms with van der Waals surface area (Å²) in [6, 6.07) is 0. The van der Waals surface area contributed by atoms with Gasteiger partial charge in [-0.05, 0) is 0 Å². The van der Waals surface area contributed by atoms with Crippen molar-refractivity contribution in [1.82, 2.24) is 15.0 Å². The summed E-state index contributed by atoms with van der Waals surface area (Å²) in [7, 11) is 0. The Morgan fingerprint density at radius 3 is 2.11 bits per heavy atom. The summed E-state index contributed by atoms with van der Waals surface area (Å²) < 4.78 is 0. The Morgan fingerprint density at radius 2 is 1.68 bits per heavy atom. The average molecular weight is 278 g/mol. The molecule has 0 aromatic carbocycles. The number of nitrogen functional groups attached to an aromatic ring is 1. The van der Waals surface area contributed by atoms with Gasteiger partial charge in [0, 0.05) is 0 Å². The second kappa shape index (κ2) is 8.62. The van der Waals surface area contributed by atoms with Crippen LogP contribution in [0.25, 0.3) is 0 Å². The molecule has 0 spiro atoms. The zero-order valence-corrected chi connectivity index (χ0v) is 9.63. The minimum atomic E-state index is -1.83. The van der Waals surface area contributed by atoms with Crippen LogP contribution in [-0.4, -0.2) is 66.8 Å². The molecule has 1 rings (SSSR count). The van der Waals surface area contributed by atoms with E-state index in [0.717, 1.165) is 4.90 Å². The van der Waals surface area contributed by atoms with Gasteiger partial charge in [0.05, 0.1) is 0 Å². The molecule has 19 heavy (non-hydrogen) atoms. The molecule has 12 heteroatoms. The number of nitrogens with one attached hydrogen (secondary N) is 1. The lowest BCUT2D eigenvalue weighted by molar-refractivity contribution is 0.137. The number of aliphatic hydroxyl groups is 3. The third-order valence-corrected chi connectivity index (χ3v) is 1.50. The van der Waals surface area contributed by atoms with Gasteiger partial charge in [-0.25, -0.2) is 4.79 Å². The van der Waals surface area contributed by atoms with Crippen LogP contribution in [0.15, 0.2) is 0 Å². The minimum absolute atomic E-state index is 0.0171. The third-order valence-electron chi connectivity index (χ3n) is 1.50. The molecule has 0 atom stereocenters. The number of anilines is 3. The van der Waals surface area contributed by atoms with E-state index in [9.17, 15) is 0 Å². The number of rotatable bonds is 5. The highest BCUT2D eigenvalue weighted by atomic mass is 16.6. The van der Waals surface area contributed by atoms with E-state index in [2.05, 4.69) is 20.3 Å². The van der Waals surface area contributed by atoms with Crippen LogP contribution in [0.3, 0.4) is 0 Å². The van der Waals surface area contributed by atoms with Gasteiger partial charge in [-0.1, -0.05) is 0 Å². The summed E-state index contributed by atoms with van der Waals surface area (Å²) >= 11 is 0. The van der Waals surface area contributed by atoms with Gasteiger partial charge in [-0.2, -0.15) is 15.0 Å². The van der Waals surface area contributed by atoms with E-state index in [0.29, 0.717) is 0 Å². The number of carboxylic acid groups (broad SMARTS) is 2. The lowest BCUT2D eigenvalue weighted by atomic mass is 10.7. The standard InChI is InChI=1S/C6H12N6O3.CH2O3/c7-4-9-5(8-1-13)11-6(10-4)12(2-14)3-15;2-1(3)4/h13-15H,1-3H2,(H3,7,8,9,10,11);(H2,2,3,4). The lowest BCUT2D eigenvalue weighted by Crippen LogP contribution is -2.28. The van der Waals surface area contributed by atoms with Crippen LogP contribution in [0.4, 0.5) is 22.6 Å². The first-order valence-electron chi connectivity index (χ1n) is 4.69. The van der Waals surface area contributed by atoms with Gasteiger partial charge in [0.15, 0.2) is 0 Å². The fourth-order valence-electron chi connectivity index (χ4n) is 0.843. The maximum absolute atomic E-state index is 8.85. The molecule has 0 bridgehead atoms. The first-order chi connectivity index (χ1) is 8.94. The highest BCUT2D eigenvalue weighted by molar-refractivity contribution is 5.53. The van der Waals surface area contributed by atoms with Gasteiger partial charge in [0.2, 0.25) is 17.8 Å². The summed E-state index contributed by atoms with van der Waals surface area (Å²) in [6.45, 7) is -1.28. The van der Waals surface area contributed by atoms with Crippen molar-refractivity contribution in [2.24, 2.45) is 0 Å². The van der Waals surface area contributed by atoms with Crippen LogP contribution in [0.2, 0.25) is 0 Å². The molecule has 0 aliphatic carbocycles. The zero-order chi connectivity index (χ0) is 14.8. The molecule has 0 fully saturated rings. The van der Waals surface area contributed by atoms with E-state index in [1.165, 1.54) is 0 Å². The van der Waals surface area contributed by atoms with Crippen molar-refractivity contribution in [2.75, 3.05) is 36.1 Å². The number of carbonyl (C=O) groups is 1. The number of nitrogens with zero attached hydrogens (tertiary/aromatic N) is 4. The lowest BCUT2D eigenvalue weighted by Gasteiger charge is -2.16. The maximum atomic E-state index is 8.85. The molecule has 1 aromatic rings. The molecule has 0 radical (unpaired) electrons. The van der Waals surface area contributed by atoms with Crippen molar-refractivity contribution in [3.05, 3.63) is 0 Å². The molecule has 12 nitrogen and oxygen atoms in total. The molecule has 0 saturated carbocycles. The van der Waals surface area contributed by atoms with Crippen molar-refractivity contribution in [3.8, 4) is 0 Å². The Hall–Kier alpha value is -2.44. The highest BCUT2D eigenvalue weighted by Crippen LogP contribution is 2.10. The van der Waals surface area contributed by atoms with Crippen molar-refractivity contribution in [2.45, 2.75) is 0 Å². The summed E-state index contributed by atoms with van der Waals surface area (Å²) in [4.78, 5) is 20.8. The summed E-state index contributed by atoms with van der Waals surface area (Å²) in [6.07, 6.45) is -1.83. The molecule has 0 aliphatic rings. The first kappa shape index (κ1) is 16.6. The maximum Gasteiger partial charge on any atom is 0.503 e. The Bertz CT molecular complexity index is 396. The molecular formula is C7H14N6O6. The molecular weight excluding hydrogens is 264 g/mol. The predicted molar refractivity (Wildman–Crippen MR) is 62.3 cm³/mol. The number of aliphatic hydroxyl groups excluding tert-OH is 3. The van der Waals surface area contributed by atoms with E-state index in [1.54, 1.807) is 0 Å². The third kappa shape index (κ3) is 6.77. The van der Waals surface area contributed by atoms with E-state index in [-0.39, 0.29) is 24.6 Å². The van der Waals surface area contributed by atoms with Crippen LogP contribution in [0.1, 0.15) is 0 Å². The van der Waals surface area contributed by atoms with Crippen LogP contribution >= 0.6 is 0 Å². The van der Waals surface area contributed by atoms with Crippen LogP contribution in [-0.2, 0) is 0 Å². The first-order valence-corrected chi connectivity index (χ1v) is 4.69. The smallest absolute Gasteiger partial charge is 0.450 e. The SMILES string of the molecule is Nc1nc(NCO)nc(N(CO)CO)n1.O=C(O)O. The summed E-state index contributed by atoms with van der Waals surface area (Å²) in [5.41, 5.74) is 5.36. The zero-order valence-electron chi connectivity index (χ0n) is 9.63. The minimum Gasteiger partial charge on any atom is -0.450 e. The Labute approximate surface area is 106 Å². The molecule has 0 amide bonds. The van der Waals surface area contributed by atoms with Crippen LogP contribution in [0, 0.1) is 0 Å². The molecule has 108 valence electrons. The van der Waals surface area contributed by atoms with Crippen molar-refractivity contribution < 1.29 is 30.3 Å². The van der Waals surface area contributed by atoms with E-state index < -0.39 is 19.6 Å². The van der Waals surface area contributed by atoms with Gasteiger partial charge < -0.3 is 36.6 Å². The normalized spacial score (nSPS) is 9.21. The Kier molecular flexibility index (Phi) is 7.51. The van der Waals surface area contributed by atoms with Gasteiger partial charge in [0.1, 0.15) is 20.2 Å². The van der Waals surface area contributed by atoms with Gasteiger partial charge in [-0.15, -0.1) is 0 Å². The second-order valence-corrected chi connectivity index (χ2v) is 2.76. The number of nitrogens with two attached hydrogens (primary N) is 1. The van der Waals surface area contributed by atoms with E-state index in [1.807, 2.05) is 0 Å². The largest absolute Gasteiger partial charge is 0.503 e. The predicted octanol–water partition coefficient (Wildman–Crippen LogP) is -2.26. The second-order valence-electron chi connectivity index (χ2n) is 2.76. The van der Waals surface area contributed by atoms with Crippen LogP contribution < -0.4 is 16.0 Å². The topological polar surface area (TPSA) is 198 Å². The molecule has 0 aliphatic heterocycles. The number of hydrogen-bond acceptors (Lipinski definition) is 10. The Morgan fingerprint density at radius 1 is 1.16 bits per heavy atom. The quantitative estimate of drug-likeness (QED) is 0.286.